The molecule has 256 valence electrons. The zero-order valence-electron chi connectivity index (χ0n) is 27.9. The SMILES string of the molecule is Cn1[c](=[Pt])n(-c2[c-]c(B(c3[c-]c(-c4cc(C(F)(F)F)ccn4)ccc3)c3c(-c4ccccc4)cccc3-c3ccccc3)ccc2)c2ccccc21. The van der Waals surface area contributed by atoms with Gasteiger partial charge < -0.3 is 0 Å². The van der Waals surface area contributed by atoms with Crippen LogP contribution in [0.15, 0.2) is 158 Å². The molecular weight excluding hydrogens is 833 g/mol. The number of rotatable bonds is 7. The molecule has 0 spiro atoms. The van der Waals surface area contributed by atoms with Gasteiger partial charge in [0.2, 0.25) is 0 Å². The Morgan fingerprint density at radius 2 is 1.21 bits per heavy atom. The summed E-state index contributed by atoms with van der Waals surface area (Å²) >= 11 is 2.35. The molecule has 0 atom stereocenters. The molecule has 0 unspecified atom stereocenters. The van der Waals surface area contributed by atoms with E-state index in [4.69, 9.17) is 0 Å². The minimum atomic E-state index is -4.50. The molecule has 2 heterocycles. The van der Waals surface area contributed by atoms with Gasteiger partial charge in [-0.25, -0.2) is 0 Å². The standard InChI is InChI=1S/C44H29BF3N3.Pt/c1-50-30-51(42-24-9-8-23-41(42)50)37-20-11-19-36(29-37)45(35-18-10-17-33(27-35)40-28-34(25-26-49-40)44(46,47)48)43-38(31-13-4-2-5-14-31)21-12-22-39(43)32-15-6-3-7-16-32;/h2-26,28H,1H3;/q-2;. The second-order valence-corrected chi connectivity index (χ2v) is 13.5. The Hall–Kier alpha value is -5.52. The van der Waals surface area contributed by atoms with Crippen LogP contribution < -0.4 is 16.4 Å². The Morgan fingerprint density at radius 1 is 0.635 bits per heavy atom. The molecule has 52 heavy (non-hydrogen) atoms. The first-order valence-corrected chi connectivity index (χ1v) is 17.9. The van der Waals surface area contributed by atoms with Crippen LogP contribution in [0.25, 0.3) is 50.2 Å². The van der Waals surface area contributed by atoms with Crippen molar-refractivity contribution in [2.75, 3.05) is 0 Å². The number of aromatic nitrogens is 3. The number of alkyl halides is 3. The summed E-state index contributed by atoms with van der Waals surface area (Å²) in [5, 5.41) is 0. The first kappa shape index (κ1) is 33.6. The van der Waals surface area contributed by atoms with Crippen LogP contribution in [0.2, 0.25) is 0 Å². The Labute approximate surface area is 311 Å². The monoisotopic (exact) mass is 862 g/mol. The predicted molar refractivity (Wildman–Crippen MR) is 200 cm³/mol. The van der Waals surface area contributed by atoms with Crippen molar-refractivity contribution in [2.45, 2.75) is 6.18 Å². The van der Waals surface area contributed by atoms with Crippen LogP contribution in [0.1, 0.15) is 5.56 Å². The molecule has 0 N–H and O–H groups in total. The van der Waals surface area contributed by atoms with Gasteiger partial charge in [-0.1, -0.05) is 0 Å². The van der Waals surface area contributed by atoms with Crippen molar-refractivity contribution in [3.8, 4) is 39.2 Å². The Kier molecular flexibility index (Phi) is 8.98. The average molecular weight is 863 g/mol. The number of pyridine rings is 1. The molecule has 0 bridgehead atoms. The van der Waals surface area contributed by atoms with E-state index in [-0.39, 0.29) is 5.69 Å². The third-order valence-corrected chi connectivity index (χ3v) is 10.6. The quantitative estimate of drug-likeness (QED) is 0.116. The van der Waals surface area contributed by atoms with Crippen molar-refractivity contribution in [2.24, 2.45) is 7.05 Å². The van der Waals surface area contributed by atoms with Gasteiger partial charge in [0.15, 0.2) is 0 Å². The third-order valence-electron chi connectivity index (χ3n) is 9.32. The predicted octanol–water partition coefficient (Wildman–Crippen LogP) is 8.58. The van der Waals surface area contributed by atoms with E-state index in [9.17, 15) is 13.2 Å². The van der Waals surface area contributed by atoms with E-state index in [0.717, 1.165) is 71.3 Å². The number of halogens is 3. The summed E-state index contributed by atoms with van der Waals surface area (Å²) in [6.07, 6.45) is -3.29. The zero-order chi connectivity index (χ0) is 35.8. The summed E-state index contributed by atoms with van der Waals surface area (Å²) in [5.74, 6) is 0. The third kappa shape index (κ3) is 6.31. The Balaban J connectivity index is 1.42. The molecule has 0 aliphatic carbocycles. The van der Waals surface area contributed by atoms with Crippen LogP contribution in [0.5, 0.6) is 0 Å². The molecule has 0 aliphatic heterocycles. The Bertz CT molecular complexity index is 2560. The summed E-state index contributed by atoms with van der Waals surface area (Å²) in [4.78, 5) is 4.35. The van der Waals surface area contributed by atoms with Gasteiger partial charge in [0, 0.05) is 0 Å². The van der Waals surface area contributed by atoms with E-state index in [1.165, 1.54) is 6.20 Å². The molecule has 8 heteroatoms. The summed E-state index contributed by atoms with van der Waals surface area (Å²) in [6.45, 7) is -0.425. The van der Waals surface area contributed by atoms with E-state index in [2.05, 4.69) is 119 Å². The van der Waals surface area contributed by atoms with Gasteiger partial charge in [-0.15, -0.1) is 0 Å². The van der Waals surface area contributed by atoms with Crippen molar-refractivity contribution in [3.05, 3.63) is 179 Å². The number of hydrogen-bond donors (Lipinski definition) is 0. The maximum atomic E-state index is 13.8. The van der Waals surface area contributed by atoms with Crippen LogP contribution in [-0.2, 0) is 32.6 Å². The summed E-state index contributed by atoms with van der Waals surface area (Å²) in [5.41, 5.74) is 9.82. The van der Waals surface area contributed by atoms with E-state index >= 15 is 0 Å². The second kappa shape index (κ2) is 13.9. The van der Waals surface area contributed by atoms with Gasteiger partial charge >= 0.3 is 293 Å². The molecule has 0 fully saturated rings. The van der Waals surface area contributed by atoms with Gasteiger partial charge in [0.25, 0.3) is 0 Å². The number of para-hydroxylation sites is 2. The molecule has 2 aromatic heterocycles. The first-order valence-electron chi connectivity index (χ1n) is 16.7. The van der Waals surface area contributed by atoms with Crippen LogP contribution in [0.4, 0.5) is 13.2 Å². The van der Waals surface area contributed by atoms with Crippen LogP contribution in [0, 0.1) is 15.9 Å². The van der Waals surface area contributed by atoms with Gasteiger partial charge in [-0.05, 0) is 6.07 Å². The number of nitrogens with zero attached hydrogens (tertiary/aromatic N) is 3. The molecule has 3 nitrogen and oxygen atoms in total. The molecule has 0 amide bonds. The average Bonchev–Trinajstić information content (AvgIpc) is 3.44. The molecule has 8 rings (SSSR count). The van der Waals surface area contributed by atoms with E-state index in [1.54, 1.807) is 6.07 Å². The first-order chi connectivity index (χ1) is 25.3. The molecule has 8 aromatic rings. The van der Waals surface area contributed by atoms with Crippen molar-refractivity contribution in [3.63, 3.8) is 0 Å². The number of imidazole rings is 1. The van der Waals surface area contributed by atoms with Gasteiger partial charge in [-0.2, -0.15) is 13.2 Å². The maximum absolute atomic E-state index is 13.8. The molecule has 0 radical (unpaired) electrons. The van der Waals surface area contributed by atoms with Crippen LogP contribution >= 0.6 is 0 Å². The zero-order valence-corrected chi connectivity index (χ0v) is 30.2. The molecule has 0 saturated heterocycles. The number of aryl methyl sites for hydroxylation is 1. The topological polar surface area (TPSA) is 22.8 Å². The molecule has 6 aromatic carbocycles. The fraction of sp³-hybridized carbons (Fsp3) is 0.0455. The van der Waals surface area contributed by atoms with Crippen molar-refractivity contribution < 1.29 is 32.5 Å². The van der Waals surface area contributed by atoms with Gasteiger partial charge in [0.1, 0.15) is 0 Å². The summed E-state index contributed by atoms with van der Waals surface area (Å²) in [6, 6.07) is 56.4. The molecule has 0 aliphatic rings. The molecule has 0 saturated carbocycles. The van der Waals surface area contributed by atoms with Crippen LogP contribution in [0.3, 0.4) is 0 Å². The number of benzene rings is 6. The number of fused-ring (bicyclic) bond motifs is 1. The van der Waals surface area contributed by atoms with E-state index in [1.807, 2.05) is 66.7 Å². The number of hydrogen-bond acceptors (Lipinski definition) is 1. The molecular formula is C44H29BF3N3Pt-2. The fourth-order valence-electron chi connectivity index (χ4n) is 6.92. The van der Waals surface area contributed by atoms with Crippen molar-refractivity contribution in [1.82, 2.24) is 14.1 Å². The minimum absolute atomic E-state index is 0.203. The summed E-state index contributed by atoms with van der Waals surface area (Å²) < 4.78 is 46.8. The Morgan fingerprint density at radius 3 is 1.87 bits per heavy atom. The van der Waals surface area contributed by atoms with Crippen molar-refractivity contribution >= 4 is 34.1 Å². The normalized spacial score (nSPS) is 11.6. The second-order valence-electron chi connectivity index (χ2n) is 12.5. The van der Waals surface area contributed by atoms with Crippen molar-refractivity contribution in [1.29, 1.82) is 0 Å². The van der Waals surface area contributed by atoms with Crippen LogP contribution in [-0.4, -0.2) is 20.8 Å². The van der Waals surface area contributed by atoms with E-state index in [0.29, 0.717) is 5.56 Å². The van der Waals surface area contributed by atoms with E-state index < -0.39 is 18.5 Å². The van der Waals surface area contributed by atoms with Gasteiger partial charge in [-0.3, -0.25) is 0 Å². The fourth-order valence-corrected chi connectivity index (χ4v) is 7.74. The summed E-state index contributed by atoms with van der Waals surface area (Å²) in [7, 11) is 2.05. The van der Waals surface area contributed by atoms with Gasteiger partial charge in [0.05, 0.1) is 0 Å².